The van der Waals surface area contributed by atoms with Crippen molar-refractivity contribution < 1.29 is 5.73 Å². The van der Waals surface area contributed by atoms with E-state index in [0.29, 0.717) is 16.9 Å². The molecule has 162 valence electrons. The van der Waals surface area contributed by atoms with Crippen LogP contribution in [0.2, 0.25) is 0 Å². The van der Waals surface area contributed by atoms with Gasteiger partial charge in [-0.15, -0.1) is 0 Å². The van der Waals surface area contributed by atoms with Crippen molar-refractivity contribution in [3.8, 4) is 22.3 Å². The van der Waals surface area contributed by atoms with Crippen LogP contribution >= 0.6 is 0 Å². The number of anilines is 1. The minimum Gasteiger partial charge on any atom is -0.383 e. The van der Waals surface area contributed by atoms with Gasteiger partial charge in [0.05, 0.1) is 5.56 Å². The molecule has 31 heavy (non-hydrogen) atoms. The van der Waals surface area contributed by atoms with Crippen molar-refractivity contribution >= 4 is 11.6 Å². The Balaban J connectivity index is 0.000000176. The van der Waals surface area contributed by atoms with Crippen LogP contribution < -0.4 is 22.6 Å². The zero-order valence-corrected chi connectivity index (χ0v) is 18.6. The lowest BCUT2D eigenvalue weighted by Gasteiger charge is -2.00. The van der Waals surface area contributed by atoms with E-state index in [-0.39, 0.29) is 11.1 Å². The molecule has 8 heteroatoms. The molecule has 0 aliphatic carbocycles. The minimum absolute atomic E-state index is 0.00338. The van der Waals surface area contributed by atoms with Gasteiger partial charge in [0.25, 0.3) is 11.1 Å². The third-order valence-electron chi connectivity index (χ3n) is 5.43. The lowest BCUT2D eigenvalue weighted by atomic mass is 10.1. The second-order valence-electron chi connectivity index (χ2n) is 7.67. The van der Waals surface area contributed by atoms with E-state index >= 15 is 0 Å². The largest absolute Gasteiger partial charge is 0.383 e. The average Bonchev–Trinajstić information content (AvgIpc) is 3.10. The molecule has 4 aromatic rings. The van der Waals surface area contributed by atoms with E-state index in [9.17, 15) is 9.59 Å². The van der Waals surface area contributed by atoms with E-state index in [1.165, 1.54) is 10.2 Å². The Bertz CT molecular complexity index is 1320. The van der Waals surface area contributed by atoms with Crippen molar-refractivity contribution in [2.45, 2.75) is 13.8 Å². The fourth-order valence-corrected chi connectivity index (χ4v) is 3.33. The number of aromatic nitrogens is 4. The lowest BCUT2D eigenvalue weighted by Crippen LogP contribution is -2.43. The van der Waals surface area contributed by atoms with Gasteiger partial charge in [-0.05, 0) is 25.0 Å². The van der Waals surface area contributed by atoms with Gasteiger partial charge in [-0.25, -0.2) is 9.36 Å². The van der Waals surface area contributed by atoms with Crippen molar-refractivity contribution in [2.75, 3.05) is 5.73 Å². The molecule has 0 spiro atoms. The van der Waals surface area contributed by atoms with Crippen LogP contribution in [0.5, 0.6) is 0 Å². The van der Waals surface area contributed by atoms with Crippen LogP contribution in [0.1, 0.15) is 11.1 Å². The number of benzene rings is 2. The van der Waals surface area contributed by atoms with Gasteiger partial charge in [-0.3, -0.25) is 19.4 Å². The highest BCUT2D eigenvalue weighted by molar-refractivity contribution is 5.73. The molecule has 4 rings (SSSR count). The Morgan fingerprint density at radius 1 is 0.774 bits per heavy atom. The number of aromatic amines is 1. The highest BCUT2D eigenvalue weighted by atomic mass is 16.1. The summed E-state index contributed by atoms with van der Waals surface area (Å²) in [6, 6.07) is 15.6. The first-order valence-electron chi connectivity index (χ1n) is 9.88. The molecule has 2 aromatic carbocycles. The summed E-state index contributed by atoms with van der Waals surface area (Å²) in [4.78, 5) is 23.6. The van der Waals surface area contributed by atoms with Crippen LogP contribution in [0.3, 0.4) is 0 Å². The number of hydrogen-bond donors (Lipinski definition) is 3. The molecule has 0 atom stereocenters. The van der Waals surface area contributed by atoms with Crippen molar-refractivity contribution in [1.29, 1.82) is 0 Å². The number of rotatable bonds is 2. The standard InChI is InChI=1S/C12H15N3O.C11H13N3O/c1-8-4-6-9(7-5-8)10-11(13)14(2)15(3)12(10)16;1-7-3-5-8(6-4-7)9-10(12)14(2)13-11(9)15/h4-7H,13H2,1-3H3;3-6H,12H2,1-2H3,(H,13,15)/p+1. The Hall–Kier alpha value is -3.78. The van der Waals surface area contributed by atoms with Crippen molar-refractivity contribution in [2.24, 2.45) is 21.1 Å². The Kier molecular flexibility index (Phi) is 6.03. The summed E-state index contributed by atoms with van der Waals surface area (Å²) in [6.07, 6.45) is 0. The molecule has 0 aliphatic rings. The van der Waals surface area contributed by atoms with E-state index in [1.54, 1.807) is 23.5 Å². The first-order chi connectivity index (χ1) is 14.6. The number of aryl methyl sites for hydroxylation is 3. The van der Waals surface area contributed by atoms with Gasteiger partial charge in [-0.1, -0.05) is 59.7 Å². The highest BCUT2D eigenvalue weighted by Crippen LogP contribution is 2.22. The third kappa shape index (κ3) is 4.24. The van der Waals surface area contributed by atoms with Crippen molar-refractivity contribution in [3.05, 3.63) is 80.4 Å². The smallest absolute Gasteiger partial charge is 0.280 e. The number of nitrogens with one attached hydrogen (secondary N) is 1. The Morgan fingerprint density at radius 2 is 1.23 bits per heavy atom. The van der Waals surface area contributed by atoms with E-state index in [4.69, 9.17) is 5.73 Å². The van der Waals surface area contributed by atoms with Crippen molar-refractivity contribution in [1.82, 2.24) is 19.1 Å². The maximum atomic E-state index is 12.0. The Labute approximate surface area is 180 Å². The third-order valence-corrected chi connectivity index (χ3v) is 5.43. The van der Waals surface area contributed by atoms with Crippen LogP contribution in [-0.4, -0.2) is 19.1 Å². The normalized spacial score (nSPS) is 10.6. The fraction of sp³-hybridized carbons (Fsp3) is 0.217. The number of quaternary nitrogens is 1. The molecule has 8 nitrogen and oxygen atoms in total. The fourth-order valence-electron chi connectivity index (χ4n) is 3.33. The molecule has 0 bridgehead atoms. The zero-order chi connectivity index (χ0) is 22.9. The molecule has 0 saturated carbocycles. The van der Waals surface area contributed by atoms with E-state index in [1.807, 2.05) is 69.4 Å². The summed E-state index contributed by atoms with van der Waals surface area (Å²) in [5.41, 5.74) is 14.9. The molecule has 6 N–H and O–H groups in total. The maximum Gasteiger partial charge on any atom is 0.280 e. The summed E-state index contributed by atoms with van der Waals surface area (Å²) in [5, 5.41) is 2.63. The second kappa shape index (κ2) is 8.53. The zero-order valence-electron chi connectivity index (χ0n) is 18.6. The summed E-state index contributed by atoms with van der Waals surface area (Å²) in [7, 11) is 5.30. The molecule has 0 radical (unpaired) electrons. The minimum atomic E-state index is -0.154. The van der Waals surface area contributed by atoms with E-state index in [2.05, 4.69) is 10.8 Å². The number of nitrogens with zero attached hydrogens (tertiary/aromatic N) is 3. The number of nitrogens with two attached hydrogens (primary N) is 1. The summed E-state index contributed by atoms with van der Waals surface area (Å²) in [5.74, 6) is 1.21. The summed E-state index contributed by atoms with van der Waals surface area (Å²) < 4.78 is 4.85. The highest BCUT2D eigenvalue weighted by Gasteiger charge is 2.17. The first-order valence-corrected chi connectivity index (χ1v) is 9.88. The topological polar surface area (TPSA) is 118 Å². The molecule has 0 fully saturated rings. The van der Waals surface area contributed by atoms with Gasteiger partial charge in [0.1, 0.15) is 11.4 Å². The Morgan fingerprint density at radius 3 is 1.58 bits per heavy atom. The lowest BCUT2D eigenvalue weighted by molar-refractivity contribution is -0.264. The van der Waals surface area contributed by atoms with E-state index in [0.717, 1.165) is 22.5 Å². The molecule has 2 aromatic heterocycles. The average molecular weight is 422 g/mol. The predicted octanol–water partition coefficient (Wildman–Crippen LogP) is 1.84. The van der Waals surface area contributed by atoms with Gasteiger partial charge in [0.2, 0.25) is 5.82 Å². The van der Waals surface area contributed by atoms with Crippen LogP contribution in [0.4, 0.5) is 11.6 Å². The molecule has 2 heterocycles. The monoisotopic (exact) mass is 421 g/mol. The molecule has 0 aliphatic heterocycles. The van der Waals surface area contributed by atoms with Gasteiger partial charge in [0, 0.05) is 21.1 Å². The summed E-state index contributed by atoms with van der Waals surface area (Å²) in [6.45, 7) is 4.03. The van der Waals surface area contributed by atoms with Crippen LogP contribution in [-0.2, 0) is 21.1 Å². The van der Waals surface area contributed by atoms with Crippen LogP contribution in [0, 0.1) is 13.8 Å². The van der Waals surface area contributed by atoms with Crippen LogP contribution in [0.15, 0.2) is 58.1 Å². The second-order valence-corrected chi connectivity index (χ2v) is 7.67. The molecule has 0 unspecified atom stereocenters. The maximum absolute atomic E-state index is 12.0. The van der Waals surface area contributed by atoms with Gasteiger partial charge in [-0.2, -0.15) is 0 Å². The first kappa shape index (κ1) is 21.9. The number of H-pyrrole nitrogens is 1. The summed E-state index contributed by atoms with van der Waals surface area (Å²) >= 11 is 0. The van der Waals surface area contributed by atoms with Crippen LogP contribution in [0.25, 0.3) is 22.3 Å². The van der Waals surface area contributed by atoms with Crippen molar-refractivity contribution in [3.63, 3.8) is 0 Å². The predicted molar refractivity (Wildman–Crippen MR) is 124 cm³/mol. The molecule has 0 amide bonds. The van der Waals surface area contributed by atoms with Gasteiger partial charge < -0.3 is 11.5 Å². The molecular formula is C23H29N6O2+. The van der Waals surface area contributed by atoms with Gasteiger partial charge in [0.15, 0.2) is 0 Å². The van der Waals surface area contributed by atoms with Gasteiger partial charge >= 0.3 is 0 Å². The number of nitrogen functional groups attached to an aromatic ring is 1. The SMILES string of the molecule is Cc1ccc(-c2c(N)n(C)[nH]c2=O)cc1.Cc1ccc(-c2c([NH3+])n(C)n(C)c2=O)cc1. The molecular weight excluding hydrogens is 392 g/mol. The quantitative estimate of drug-likeness (QED) is 0.458. The number of hydrogen-bond acceptors (Lipinski definition) is 3. The van der Waals surface area contributed by atoms with E-state index < -0.39 is 0 Å². The molecule has 0 saturated heterocycles.